The maximum absolute atomic E-state index is 10.7. The predicted octanol–water partition coefficient (Wildman–Crippen LogP) is 7.52. The zero-order chi connectivity index (χ0) is 18.0. The van der Waals surface area contributed by atoms with E-state index in [1.54, 1.807) is 0 Å². The van der Waals surface area contributed by atoms with Gasteiger partial charge in [-0.15, -0.1) is 0 Å². The topological polar surface area (TPSA) is 37.3 Å². The monoisotopic (exact) mass is 338 g/mol. The van der Waals surface area contributed by atoms with Crippen molar-refractivity contribution in [3.8, 4) is 0 Å². The highest BCUT2D eigenvalue weighted by Crippen LogP contribution is 2.18. The number of hydrogen-bond acceptors (Lipinski definition) is 1. The van der Waals surface area contributed by atoms with E-state index < -0.39 is 5.97 Å². The third-order valence-corrected chi connectivity index (χ3v) is 4.95. The van der Waals surface area contributed by atoms with Gasteiger partial charge in [0.15, 0.2) is 0 Å². The molecular formula is C22H42O2. The fourth-order valence-electron chi connectivity index (χ4n) is 3.30. The van der Waals surface area contributed by atoms with E-state index in [1.807, 2.05) is 0 Å². The zero-order valence-electron chi connectivity index (χ0n) is 16.5. The second-order valence-corrected chi connectivity index (χ2v) is 7.60. The van der Waals surface area contributed by atoms with Crippen LogP contribution in [0.5, 0.6) is 0 Å². The van der Waals surface area contributed by atoms with E-state index in [1.165, 1.54) is 89.9 Å². The third kappa shape index (κ3) is 16.1. The van der Waals surface area contributed by atoms with Crippen LogP contribution in [0.3, 0.4) is 0 Å². The van der Waals surface area contributed by atoms with Crippen molar-refractivity contribution in [3.05, 3.63) is 12.2 Å². The SMILES string of the molecule is C=C(CC(C)CCCCCCCCCCCCCCCC)C(=O)O. The normalized spacial score (nSPS) is 12.2. The van der Waals surface area contributed by atoms with Gasteiger partial charge in [-0.25, -0.2) is 4.79 Å². The van der Waals surface area contributed by atoms with Gasteiger partial charge in [-0.3, -0.25) is 0 Å². The molecule has 2 heteroatoms. The van der Waals surface area contributed by atoms with Gasteiger partial charge in [0.05, 0.1) is 0 Å². The van der Waals surface area contributed by atoms with Gasteiger partial charge in [0.25, 0.3) is 0 Å². The minimum absolute atomic E-state index is 0.355. The third-order valence-electron chi connectivity index (χ3n) is 4.95. The number of unbranched alkanes of at least 4 members (excludes halogenated alkanes) is 13. The molecule has 0 aliphatic carbocycles. The number of carboxylic acid groups (broad SMARTS) is 1. The van der Waals surface area contributed by atoms with Crippen molar-refractivity contribution in [1.82, 2.24) is 0 Å². The molecular weight excluding hydrogens is 296 g/mol. The first-order valence-corrected chi connectivity index (χ1v) is 10.5. The Kier molecular flexibility index (Phi) is 16.5. The van der Waals surface area contributed by atoms with Crippen LogP contribution in [0.1, 0.15) is 117 Å². The number of rotatable bonds is 18. The molecule has 142 valence electrons. The van der Waals surface area contributed by atoms with Gasteiger partial charge in [-0.2, -0.15) is 0 Å². The number of hydrogen-bond donors (Lipinski definition) is 1. The van der Waals surface area contributed by atoms with Crippen molar-refractivity contribution < 1.29 is 9.90 Å². The van der Waals surface area contributed by atoms with Crippen LogP contribution in [0, 0.1) is 5.92 Å². The van der Waals surface area contributed by atoms with E-state index in [9.17, 15) is 4.79 Å². The summed E-state index contributed by atoms with van der Waals surface area (Å²) in [6.45, 7) is 8.02. The summed E-state index contributed by atoms with van der Waals surface area (Å²) in [4.78, 5) is 10.7. The lowest BCUT2D eigenvalue weighted by molar-refractivity contribution is -0.132. The lowest BCUT2D eigenvalue weighted by Crippen LogP contribution is -2.04. The number of carboxylic acids is 1. The summed E-state index contributed by atoms with van der Waals surface area (Å²) in [5, 5.41) is 8.83. The van der Waals surface area contributed by atoms with Crippen LogP contribution in [0.15, 0.2) is 12.2 Å². The Balaban J connectivity index is 3.20. The quantitative estimate of drug-likeness (QED) is 0.207. The molecule has 0 aromatic carbocycles. The molecule has 0 spiro atoms. The molecule has 0 aromatic heterocycles. The van der Waals surface area contributed by atoms with Gasteiger partial charge in [0.1, 0.15) is 0 Å². The highest BCUT2D eigenvalue weighted by Gasteiger charge is 2.09. The molecule has 0 bridgehead atoms. The Labute approximate surface area is 151 Å². The summed E-state index contributed by atoms with van der Waals surface area (Å²) in [7, 11) is 0. The standard InChI is InChI=1S/C22H42O2/c1-4-5-6-7-8-9-10-11-12-13-14-15-16-17-18-20(2)19-21(3)22(23)24/h20H,3-19H2,1-2H3,(H,23,24). The van der Waals surface area contributed by atoms with Crippen LogP contribution in [0.25, 0.3) is 0 Å². The molecule has 0 aromatic rings. The second-order valence-electron chi connectivity index (χ2n) is 7.60. The Hall–Kier alpha value is -0.790. The van der Waals surface area contributed by atoms with Gasteiger partial charge < -0.3 is 5.11 Å². The average molecular weight is 339 g/mol. The van der Waals surface area contributed by atoms with Crippen LogP contribution in [-0.4, -0.2) is 11.1 Å². The minimum Gasteiger partial charge on any atom is -0.478 e. The Bertz CT molecular complexity index is 309. The van der Waals surface area contributed by atoms with Crippen molar-refractivity contribution >= 4 is 5.97 Å². The van der Waals surface area contributed by atoms with Crippen molar-refractivity contribution in [3.63, 3.8) is 0 Å². The summed E-state index contributed by atoms with van der Waals surface area (Å²) in [6.07, 6.45) is 21.1. The first-order chi connectivity index (χ1) is 11.6. The van der Waals surface area contributed by atoms with E-state index in [2.05, 4.69) is 20.4 Å². The number of aliphatic carboxylic acids is 1. The molecule has 0 saturated carbocycles. The fraction of sp³-hybridized carbons (Fsp3) is 0.864. The molecule has 1 atom stereocenters. The molecule has 0 heterocycles. The molecule has 0 rings (SSSR count). The van der Waals surface area contributed by atoms with E-state index in [0.717, 1.165) is 6.42 Å². The largest absolute Gasteiger partial charge is 0.478 e. The van der Waals surface area contributed by atoms with E-state index in [0.29, 0.717) is 17.9 Å². The van der Waals surface area contributed by atoms with Crippen LogP contribution in [0.4, 0.5) is 0 Å². The maximum atomic E-state index is 10.7. The van der Waals surface area contributed by atoms with Gasteiger partial charge >= 0.3 is 5.97 Å². The predicted molar refractivity (Wildman–Crippen MR) is 105 cm³/mol. The highest BCUT2D eigenvalue weighted by molar-refractivity contribution is 5.85. The van der Waals surface area contributed by atoms with E-state index in [4.69, 9.17) is 5.11 Å². The van der Waals surface area contributed by atoms with Gasteiger partial charge in [-0.05, 0) is 12.3 Å². The Morgan fingerprint density at radius 2 is 1.17 bits per heavy atom. The first kappa shape index (κ1) is 23.2. The summed E-state index contributed by atoms with van der Waals surface area (Å²) < 4.78 is 0. The van der Waals surface area contributed by atoms with Crippen LogP contribution in [0.2, 0.25) is 0 Å². The molecule has 0 amide bonds. The summed E-state index contributed by atoms with van der Waals surface area (Å²) >= 11 is 0. The molecule has 1 N–H and O–H groups in total. The first-order valence-electron chi connectivity index (χ1n) is 10.5. The Morgan fingerprint density at radius 1 is 0.792 bits per heavy atom. The van der Waals surface area contributed by atoms with Crippen molar-refractivity contribution in [2.75, 3.05) is 0 Å². The van der Waals surface area contributed by atoms with E-state index >= 15 is 0 Å². The molecule has 0 saturated heterocycles. The van der Waals surface area contributed by atoms with Crippen LogP contribution < -0.4 is 0 Å². The van der Waals surface area contributed by atoms with Crippen molar-refractivity contribution in [1.29, 1.82) is 0 Å². The molecule has 1 unspecified atom stereocenters. The molecule has 24 heavy (non-hydrogen) atoms. The Morgan fingerprint density at radius 3 is 1.54 bits per heavy atom. The molecule has 0 aliphatic rings. The highest BCUT2D eigenvalue weighted by atomic mass is 16.4. The fourth-order valence-corrected chi connectivity index (χ4v) is 3.30. The lowest BCUT2D eigenvalue weighted by atomic mass is 9.95. The molecule has 0 fully saturated rings. The average Bonchev–Trinajstić information content (AvgIpc) is 2.55. The van der Waals surface area contributed by atoms with Gasteiger partial charge in [0.2, 0.25) is 0 Å². The zero-order valence-corrected chi connectivity index (χ0v) is 16.5. The smallest absolute Gasteiger partial charge is 0.330 e. The van der Waals surface area contributed by atoms with Gasteiger partial charge in [0, 0.05) is 5.57 Å². The van der Waals surface area contributed by atoms with Crippen LogP contribution >= 0.6 is 0 Å². The van der Waals surface area contributed by atoms with Crippen molar-refractivity contribution in [2.45, 2.75) is 117 Å². The summed E-state index contributed by atoms with van der Waals surface area (Å²) in [6, 6.07) is 0. The van der Waals surface area contributed by atoms with Gasteiger partial charge in [-0.1, -0.05) is 117 Å². The molecule has 0 aliphatic heterocycles. The number of carbonyl (C=O) groups is 1. The summed E-state index contributed by atoms with van der Waals surface area (Å²) in [5.74, 6) is -0.395. The maximum Gasteiger partial charge on any atom is 0.330 e. The van der Waals surface area contributed by atoms with E-state index in [-0.39, 0.29) is 0 Å². The molecule has 2 nitrogen and oxygen atoms in total. The minimum atomic E-state index is -0.845. The molecule has 0 radical (unpaired) electrons. The van der Waals surface area contributed by atoms with Crippen molar-refractivity contribution in [2.24, 2.45) is 5.92 Å². The second kappa shape index (κ2) is 17.0. The lowest BCUT2D eigenvalue weighted by Gasteiger charge is -2.10. The summed E-state index contributed by atoms with van der Waals surface area (Å²) in [5.41, 5.74) is 0.355. The van der Waals surface area contributed by atoms with Crippen LogP contribution in [-0.2, 0) is 4.79 Å².